The first-order valence-electron chi connectivity index (χ1n) is 4.77. The molecule has 0 heterocycles. The van der Waals surface area contributed by atoms with Crippen molar-refractivity contribution in [1.82, 2.24) is 0 Å². The van der Waals surface area contributed by atoms with Crippen LogP contribution < -0.4 is 0 Å². The van der Waals surface area contributed by atoms with Crippen LogP contribution in [0.5, 0.6) is 0 Å². The zero-order valence-electron chi connectivity index (χ0n) is 8.59. The second-order valence-electron chi connectivity index (χ2n) is 3.54. The van der Waals surface area contributed by atoms with Crippen molar-refractivity contribution < 1.29 is 15.3 Å². The molecule has 1 aromatic carbocycles. The van der Waals surface area contributed by atoms with E-state index in [1.807, 2.05) is 13.0 Å². The largest absolute Gasteiger partial charge is 0.392 e. The second kappa shape index (κ2) is 5.51. The molecule has 0 aliphatic carbocycles. The van der Waals surface area contributed by atoms with Crippen LogP contribution >= 0.6 is 12.6 Å². The molecular formula is C11H16O3S. The lowest BCUT2D eigenvalue weighted by molar-refractivity contribution is 0.0336. The Labute approximate surface area is 94.8 Å². The van der Waals surface area contributed by atoms with Crippen molar-refractivity contribution in [2.75, 3.05) is 5.75 Å². The van der Waals surface area contributed by atoms with Crippen LogP contribution in [0.2, 0.25) is 0 Å². The number of thiol groups is 1. The molecule has 0 saturated heterocycles. The number of hydrogen-bond acceptors (Lipinski definition) is 4. The monoisotopic (exact) mass is 228 g/mol. The van der Waals surface area contributed by atoms with Crippen LogP contribution in [0.4, 0.5) is 0 Å². The maximum atomic E-state index is 9.72. The van der Waals surface area contributed by atoms with Gasteiger partial charge in [0.1, 0.15) is 6.10 Å². The summed E-state index contributed by atoms with van der Waals surface area (Å²) < 4.78 is 0. The van der Waals surface area contributed by atoms with Crippen LogP contribution in [-0.2, 0) is 6.61 Å². The zero-order chi connectivity index (χ0) is 11.4. The van der Waals surface area contributed by atoms with Gasteiger partial charge in [0.2, 0.25) is 0 Å². The van der Waals surface area contributed by atoms with Gasteiger partial charge in [0, 0.05) is 5.75 Å². The third-order valence-electron chi connectivity index (χ3n) is 2.44. The minimum Gasteiger partial charge on any atom is -0.392 e. The molecule has 1 rings (SSSR count). The molecule has 0 aliphatic rings. The minimum atomic E-state index is -0.951. The maximum Gasteiger partial charge on any atom is 0.106 e. The van der Waals surface area contributed by atoms with E-state index in [4.69, 9.17) is 5.11 Å². The van der Waals surface area contributed by atoms with E-state index in [1.54, 1.807) is 12.1 Å². The average Bonchev–Trinajstić information content (AvgIpc) is 2.27. The molecular weight excluding hydrogens is 212 g/mol. The summed E-state index contributed by atoms with van der Waals surface area (Å²) in [7, 11) is 0. The Bertz CT molecular complexity index is 328. The Hall–Kier alpha value is -0.550. The van der Waals surface area contributed by atoms with E-state index in [1.165, 1.54) is 0 Å². The molecule has 0 spiro atoms. The van der Waals surface area contributed by atoms with Crippen molar-refractivity contribution in [3.05, 3.63) is 34.9 Å². The molecule has 3 nitrogen and oxygen atoms in total. The fourth-order valence-electron chi connectivity index (χ4n) is 1.37. The third-order valence-corrected chi connectivity index (χ3v) is 2.81. The Morgan fingerprint density at radius 1 is 1.33 bits per heavy atom. The summed E-state index contributed by atoms with van der Waals surface area (Å²) in [5.41, 5.74) is 2.33. The molecule has 0 saturated carbocycles. The number of aryl methyl sites for hydroxylation is 1. The van der Waals surface area contributed by atoms with E-state index in [-0.39, 0.29) is 12.4 Å². The Morgan fingerprint density at radius 3 is 2.53 bits per heavy atom. The van der Waals surface area contributed by atoms with E-state index in [2.05, 4.69) is 12.6 Å². The third kappa shape index (κ3) is 2.95. The lowest BCUT2D eigenvalue weighted by Gasteiger charge is -2.17. The molecule has 3 N–H and O–H groups in total. The predicted octanol–water partition coefficient (Wildman–Crippen LogP) is 0.811. The van der Waals surface area contributed by atoms with Crippen molar-refractivity contribution in [2.24, 2.45) is 0 Å². The van der Waals surface area contributed by atoms with Gasteiger partial charge in [0.15, 0.2) is 0 Å². The maximum absolute atomic E-state index is 9.72. The molecule has 0 aliphatic heterocycles. The van der Waals surface area contributed by atoms with E-state index >= 15 is 0 Å². The Morgan fingerprint density at radius 2 is 2.00 bits per heavy atom. The summed E-state index contributed by atoms with van der Waals surface area (Å²) >= 11 is 3.91. The Balaban J connectivity index is 2.95. The van der Waals surface area contributed by atoms with Crippen molar-refractivity contribution in [2.45, 2.75) is 25.7 Å². The topological polar surface area (TPSA) is 60.7 Å². The second-order valence-corrected chi connectivity index (χ2v) is 3.90. The van der Waals surface area contributed by atoms with Gasteiger partial charge in [-0.3, -0.25) is 0 Å². The molecule has 0 bridgehead atoms. The summed E-state index contributed by atoms with van der Waals surface area (Å²) in [5.74, 6) is 0.198. The van der Waals surface area contributed by atoms with Crippen LogP contribution in [0.1, 0.15) is 22.8 Å². The SMILES string of the molecule is Cc1ccc(C(O)C(O)CS)cc1CO. The van der Waals surface area contributed by atoms with Crippen LogP contribution in [0, 0.1) is 6.92 Å². The van der Waals surface area contributed by atoms with Gasteiger partial charge in [-0.2, -0.15) is 12.6 Å². The van der Waals surface area contributed by atoms with Gasteiger partial charge >= 0.3 is 0 Å². The predicted molar refractivity (Wildman–Crippen MR) is 61.9 cm³/mol. The zero-order valence-corrected chi connectivity index (χ0v) is 9.48. The lowest BCUT2D eigenvalue weighted by atomic mass is 10.00. The van der Waals surface area contributed by atoms with E-state index in [9.17, 15) is 10.2 Å². The summed E-state index contributed by atoms with van der Waals surface area (Å²) in [6.07, 6.45) is -1.84. The summed E-state index contributed by atoms with van der Waals surface area (Å²) in [5, 5.41) is 28.2. The highest BCUT2D eigenvalue weighted by molar-refractivity contribution is 7.80. The molecule has 2 unspecified atom stereocenters. The van der Waals surface area contributed by atoms with Gasteiger partial charge in [0.25, 0.3) is 0 Å². The van der Waals surface area contributed by atoms with Crippen molar-refractivity contribution in [3.63, 3.8) is 0 Å². The summed E-state index contributed by atoms with van der Waals surface area (Å²) in [4.78, 5) is 0. The average molecular weight is 228 g/mol. The number of aliphatic hydroxyl groups is 3. The highest BCUT2D eigenvalue weighted by Crippen LogP contribution is 2.21. The van der Waals surface area contributed by atoms with Crippen molar-refractivity contribution in [3.8, 4) is 0 Å². The van der Waals surface area contributed by atoms with Gasteiger partial charge in [-0.1, -0.05) is 18.2 Å². The van der Waals surface area contributed by atoms with E-state index in [0.29, 0.717) is 5.56 Å². The van der Waals surface area contributed by atoms with Crippen LogP contribution in [0.3, 0.4) is 0 Å². The van der Waals surface area contributed by atoms with Crippen molar-refractivity contribution in [1.29, 1.82) is 0 Å². The first kappa shape index (κ1) is 12.5. The van der Waals surface area contributed by atoms with Crippen LogP contribution in [0.25, 0.3) is 0 Å². The fourth-order valence-corrected chi connectivity index (χ4v) is 1.57. The smallest absolute Gasteiger partial charge is 0.106 e. The number of hydrogen-bond donors (Lipinski definition) is 4. The van der Waals surface area contributed by atoms with Gasteiger partial charge in [0.05, 0.1) is 12.7 Å². The number of rotatable bonds is 4. The first-order valence-corrected chi connectivity index (χ1v) is 5.40. The van der Waals surface area contributed by atoms with Gasteiger partial charge in [-0.05, 0) is 23.6 Å². The normalized spacial score (nSPS) is 15.0. The summed E-state index contributed by atoms with van der Waals surface area (Å²) in [6, 6.07) is 5.26. The fraction of sp³-hybridized carbons (Fsp3) is 0.455. The van der Waals surface area contributed by atoms with Crippen molar-refractivity contribution >= 4 is 12.6 Å². The quantitative estimate of drug-likeness (QED) is 0.577. The molecule has 0 fully saturated rings. The highest BCUT2D eigenvalue weighted by Gasteiger charge is 2.17. The standard InChI is InChI=1S/C11H16O3S/c1-7-2-3-8(4-9(7)5-12)11(14)10(13)6-15/h2-4,10-15H,5-6H2,1H3. The lowest BCUT2D eigenvalue weighted by Crippen LogP contribution is -2.19. The molecule has 84 valence electrons. The highest BCUT2D eigenvalue weighted by atomic mass is 32.1. The van der Waals surface area contributed by atoms with Crippen LogP contribution in [-0.4, -0.2) is 27.2 Å². The summed E-state index contributed by atoms with van der Waals surface area (Å²) in [6.45, 7) is 1.82. The molecule has 0 aromatic heterocycles. The van der Waals surface area contributed by atoms with Crippen LogP contribution in [0.15, 0.2) is 18.2 Å². The Kier molecular flexibility index (Phi) is 4.60. The first-order chi connectivity index (χ1) is 7.10. The molecule has 0 amide bonds. The van der Waals surface area contributed by atoms with Gasteiger partial charge < -0.3 is 15.3 Å². The molecule has 4 heteroatoms. The molecule has 1 aromatic rings. The molecule has 2 atom stereocenters. The number of benzene rings is 1. The van der Waals surface area contributed by atoms with Gasteiger partial charge in [-0.15, -0.1) is 0 Å². The van der Waals surface area contributed by atoms with Gasteiger partial charge in [-0.25, -0.2) is 0 Å². The number of aliphatic hydroxyl groups excluding tert-OH is 3. The minimum absolute atomic E-state index is 0.0661. The molecule has 15 heavy (non-hydrogen) atoms. The molecule has 0 radical (unpaired) electrons. The van der Waals surface area contributed by atoms with E-state index in [0.717, 1.165) is 11.1 Å². The van der Waals surface area contributed by atoms with E-state index < -0.39 is 12.2 Å².